The van der Waals surface area contributed by atoms with Crippen LogP contribution in [0.1, 0.15) is 31.8 Å². The largest absolute Gasteiger partial charge is 0.506 e. The standard InChI is InChI=1S/C32H24N6O16S4/c33-29-25(57(49,50)51)11-23(55(43,44)45)15-3-7-19(31(41)27(15)29)37-35-17-5-1-13(9-21(17)39)14-2-6-18(22(40)10-14)36-38-20-8-4-16-24(56(46,47)48)12-26(58(52,53)54)30(34)28(16)32(20)42/h1-12,35-36,39-40H,33-34H2,(H,43,44,45)(H,46,47,48)(H,49,50,51)(H,52,53,54). The van der Waals surface area contributed by atoms with E-state index in [1.165, 1.54) is 36.4 Å². The predicted molar refractivity (Wildman–Crippen MR) is 205 cm³/mol. The summed E-state index contributed by atoms with van der Waals surface area (Å²) in [6.45, 7) is 0. The number of hydrogen-bond acceptors (Lipinski definition) is 18. The molecule has 22 nitrogen and oxygen atoms in total. The first kappa shape index (κ1) is 41.1. The lowest BCUT2D eigenvalue weighted by molar-refractivity contribution is 0.105. The van der Waals surface area contributed by atoms with Crippen LogP contribution in [0.3, 0.4) is 0 Å². The number of hydrogen-bond donors (Lipinski definition) is 10. The number of nitrogens with zero attached hydrogens (tertiary/aromatic N) is 2. The molecule has 0 fully saturated rings. The van der Waals surface area contributed by atoms with E-state index >= 15 is 0 Å². The van der Waals surface area contributed by atoms with E-state index in [2.05, 4.69) is 21.1 Å². The van der Waals surface area contributed by atoms with Crippen molar-refractivity contribution in [2.24, 2.45) is 10.2 Å². The van der Waals surface area contributed by atoms with Crippen molar-refractivity contribution in [1.82, 2.24) is 0 Å². The zero-order valence-corrected chi connectivity index (χ0v) is 31.6. The molecule has 0 amide bonds. The number of phenols is 2. The van der Waals surface area contributed by atoms with Gasteiger partial charge in [-0.05, 0) is 59.7 Å². The second kappa shape index (κ2) is 14.1. The Balaban J connectivity index is 1.23. The number of aromatic hydroxyl groups is 2. The topological polar surface area (TPSA) is 393 Å². The van der Waals surface area contributed by atoms with Crippen LogP contribution in [0.4, 0.5) is 22.7 Å². The number of carbonyl (C=O) groups is 2. The lowest BCUT2D eigenvalue weighted by Gasteiger charge is -2.18. The zero-order valence-electron chi connectivity index (χ0n) is 28.4. The van der Waals surface area contributed by atoms with E-state index in [1.54, 1.807) is 0 Å². The summed E-state index contributed by atoms with van der Waals surface area (Å²) in [5.41, 5.74) is 12.0. The maximum absolute atomic E-state index is 13.3. The fourth-order valence-electron chi connectivity index (χ4n) is 5.77. The van der Waals surface area contributed by atoms with Crippen molar-refractivity contribution in [1.29, 1.82) is 0 Å². The van der Waals surface area contributed by atoms with Gasteiger partial charge in [-0.15, -0.1) is 0 Å². The molecule has 0 heterocycles. The number of fused-ring (bicyclic) bond motifs is 2. The van der Waals surface area contributed by atoms with Crippen molar-refractivity contribution in [2.45, 2.75) is 19.6 Å². The first-order valence-corrected chi connectivity index (χ1v) is 21.2. The molecular formula is C32H24N6O16S4. The van der Waals surface area contributed by atoms with E-state index in [9.17, 15) is 71.7 Å². The van der Waals surface area contributed by atoms with E-state index in [4.69, 9.17) is 11.5 Å². The molecule has 0 spiro atoms. The summed E-state index contributed by atoms with van der Waals surface area (Å²) in [7, 11) is -20.6. The van der Waals surface area contributed by atoms with E-state index in [1.807, 2.05) is 0 Å². The van der Waals surface area contributed by atoms with Crippen molar-refractivity contribution in [2.75, 3.05) is 22.3 Å². The molecule has 2 aliphatic rings. The third kappa shape index (κ3) is 7.63. The van der Waals surface area contributed by atoms with Crippen LogP contribution in [0.25, 0.3) is 23.3 Å². The fraction of sp³-hybridized carbons (Fsp3) is 0. The van der Waals surface area contributed by atoms with Gasteiger partial charge < -0.3 is 21.7 Å². The van der Waals surface area contributed by atoms with E-state index in [0.717, 1.165) is 24.3 Å². The number of nitrogen functional groups attached to an aromatic ring is 2. The minimum atomic E-state index is -5.17. The Hall–Kier alpha value is -6.52. The SMILES string of the molecule is Nc1c(S(=O)(=O)O)cc(S(=O)(=O)O)c2c1C(=O)C(=NNc1ccc(-c3ccc(NN=C4C=Cc5c(S(=O)(=O)O)cc(S(=O)(=O)O)c(N)c5C4=O)c(O)c3)cc1O)C=C2. The Labute approximate surface area is 326 Å². The molecular weight excluding hydrogens is 853 g/mol. The molecule has 0 bridgehead atoms. The minimum Gasteiger partial charge on any atom is -0.506 e. The van der Waals surface area contributed by atoms with Gasteiger partial charge in [0.15, 0.2) is 0 Å². The second-order valence-electron chi connectivity index (χ2n) is 12.1. The molecule has 2 aliphatic carbocycles. The van der Waals surface area contributed by atoms with Gasteiger partial charge in [0.05, 0.1) is 33.9 Å². The van der Waals surface area contributed by atoms with Crippen molar-refractivity contribution in [3.63, 3.8) is 0 Å². The number of nitrogens with one attached hydrogen (secondary N) is 2. The smallest absolute Gasteiger partial charge is 0.296 e. The number of Topliss-reactive ketones (excluding diaryl/α,β-unsaturated/α-hetero) is 2. The molecule has 0 radical (unpaired) electrons. The van der Waals surface area contributed by atoms with Gasteiger partial charge in [-0.3, -0.25) is 38.7 Å². The summed E-state index contributed by atoms with van der Waals surface area (Å²) in [6, 6.07) is 8.74. The van der Waals surface area contributed by atoms with Gasteiger partial charge in [0.2, 0.25) is 11.6 Å². The number of ketones is 2. The zero-order chi connectivity index (χ0) is 42.9. The van der Waals surface area contributed by atoms with Gasteiger partial charge in [0, 0.05) is 11.1 Å². The average molecular weight is 877 g/mol. The molecule has 0 aliphatic heterocycles. The van der Waals surface area contributed by atoms with Crippen LogP contribution in [0.2, 0.25) is 0 Å². The number of anilines is 4. The molecule has 302 valence electrons. The van der Waals surface area contributed by atoms with Crippen molar-refractivity contribution >= 4 is 98.4 Å². The molecule has 0 atom stereocenters. The summed E-state index contributed by atoms with van der Waals surface area (Å²) in [5.74, 6) is -3.11. The Bertz CT molecular complexity index is 2930. The maximum Gasteiger partial charge on any atom is 0.296 e. The Morgan fingerprint density at radius 3 is 1.10 bits per heavy atom. The number of hydrazone groups is 2. The molecule has 0 saturated heterocycles. The van der Waals surface area contributed by atoms with Crippen molar-refractivity contribution < 1.29 is 71.7 Å². The van der Waals surface area contributed by atoms with Crippen LogP contribution in [0.15, 0.2) is 90.5 Å². The molecule has 12 N–H and O–H groups in total. The third-order valence-electron chi connectivity index (χ3n) is 8.43. The van der Waals surface area contributed by atoms with Crippen molar-refractivity contribution in [3.05, 3.63) is 82.9 Å². The number of benzene rings is 4. The quantitative estimate of drug-likeness (QED) is 0.0499. The Kier molecular flexibility index (Phi) is 10.0. The molecule has 58 heavy (non-hydrogen) atoms. The molecule has 4 aromatic rings. The van der Waals surface area contributed by atoms with Gasteiger partial charge >= 0.3 is 0 Å². The van der Waals surface area contributed by atoms with Crippen LogP contribution in [-0.4, -0.2) is 85.1 Å². The van der Waals surface area contributed by atoms with Crippen LogP contribution >= 0.6 is 0 Å². The fourth-order valence-corrected chi connectivity index (χ4v) is 8.64. The second-order valence-corrected chi connectivity index (χ2v) is 17.6. The normalized spacial score (nSPS) is 15.7. The van der Waals surface area contributed by atoms with Crippen LogP contribution in [0, 0.1) is 0 Å². The Morgan fingerprint density at radius 2 is 0.810 bits per heavy atom. The van der Waals surface area contributed by atoms with Crippen LogP contribution in [0.5, 0.6) is 11.5 Å². The molecule has 6 rings (SSSR count). The number of nitrogens with two attached hydrogens (primary N) is 2. The molecule has 26 heteroatoms. The van der Waals surface area contributed by atoms with Gasteiger partial charge in [0.1, 0.15) is 42.5 Å². The summed E-state index contributed by atoms with van der Waals surface area (Å²) >= 11 is 0. The molecule has 4 aromatic carbocycles. The molecule has 0 aromatic heterocycles. The van der Waals surface area contributed by atoms with Crippen LogP contribution in [-0.2, 0) is 40.5 Å². The highest BCUT2D eigenvalue weighted by Crippen LogP contribution is 2.38. The predicted octanol–water partition coefficient (Wildman–Crippen LogP) is 2.27. The lowest BCUT2D eigenvalue weighted by atomic mass is 9.93. The third-order valence-corrected chi connectivity index (χ3v) is 12.0. The molecule has 0 unspecified atom stereocenters. The van der Waals surface area contributed by atoms with Gasteiger partial charge in [-0.2, -0.15) is 43.9 Å². The van der Waals surface area contributed by atoms with Gasteiger partial charge in [-0.25, -0.2) is 0 Å². The number of phenolic OH excluding ortho intramolecular Hbond substituents is 2. The monoisotopic (exact) mass is 876 g/mol. The number of carbonyl (C=O) groups excluding carboxylic acids is 2. The van der Waals surface area contributed by atoms with Gasteiger partial charge in [-0.1, -0.05) is 24.3 Å². The summed E-state index contributed by atoms with van der Waals surface area (Å²) in [5, 5.41) is 29.2. The highest BCUT2D eigenvalue weighted by Gasteiger charge is 2.34. The van der Waals surface area contributed by atoms with E-state index in [0.29, 0.717) is 23.3 Å². The summed E-state index contributed by atoms with van der Waals surface area (Å²) < 4.78 is 133. The summed E-state index contributed by atoms with van der Waals surface area (Å²) in [6.07, 6.45) is 4.05. The first-order chi connectivity index (χ1) is 26.8. The molecule has 0 saturated carbocycles. The number of allylic oxidation sites excluding steroid dienone is 2. The average Bonchev–Trinajstić information content (AvgIpc) is 3.09. The highest BCUT2D eigenvalue weighted by molar-refractivity contribution is 7.87. The lowest BCUT2D eigenvalue weighted by Crippen LogP contribution is -2.23. The van der Waals surface area contributed by atoms with Crippen LogP contribution < -0.4 is 22.3 Å². The number of rotatable bonds is 9. The maximum atomic E-state index is 13.3. The highest BCUT2D eigenvalue weighted by atomic mass is 32.2. The van der Waals surface area contributed by atoms with Crippen molar-refractivity contribution in [3.8, 4) is 22.6 Å². The van der Waals surface area contributed by atoms with E-state index < -0.39 is 128 Å². The Morgan fingerprint density at radius 1 is 0.483 bits per heavy atom. The first-order valence-electron chi connectivity index (χ1n) is 15.4. The van der Waals surface area contributed by atoms with E-state index in [-0.39, 0.29) is 11.4 Å². The summed E-state index contributed by atoms with van der Waals surface area (Å²) in [4.78, 5) is 22.2. The van der Waals surface area contributed by atoms with Gasteiger partial charge in [0.25, 0.3) is 40.5 Å². The minimum absolute atomic E-state index is 0.0836.